The smallest absolute Gasteiger partial charge is 0.241 e. The number of carbonyl (C=O) groups excluding carboxylic acids is 2. The molecule has 2 amide bonds. The third-order valence-electron chi connectivity index (χ3n) is 2.85. The number of carbonyl (C=O) groups is 2. The Balaban J connectivity index is 1.91. The molecule has 0 radical (unpaired) electrons. The largest absolute Gasteiger partial charge is 0.368 e. The fraction of sp³-hybridized carbons (Fsp3) is 0.214. The van der Waals surface area contributed by atoms with Crippen LogP contribution in [0.4, 0.5) is 5.69 Å². The first-order chi connectivity index (χ1) is 10.0. The first-order valence-electron chi connectivity index (χ1n) is 6.45. The second-order valence-electron chi connectivity index (χ2n) is 4.68. The maximum Gasteiger partial charge on any atom is 0.241 e. The van der Waals surface area contributed by atoms with Gasteiger partial charge in [0, 0.05) is 6.20 Å². The quantitative estimate of drug-likeness (QED) is 0.686. The summed E-state index contributed by atoms with van der Waals surface area (Å²) in [5.74, 6) is -0.811. The van der Waals surface area contributed by atoms with Crippen LogP contribution in [0.1, 0.15) is 5.56 Å². The van der Waals surface area contributed by atoms with Crippen LogP contribution in [0.5, 0.6) is 0 Å². The molecule has 5 N–H and O–H groups in total. The molecular weight excluding hydrogens is 270 g/mol. The number of nitrogens with one attached hydrogen (secondary N) is 1. The number of benzene rings is 1. The first kappa shape index (κ1) is 14.7. The molecule has 0 aliphatic rings. The van der Waals surface area contributed by atoms with Crippen LogP contribution >= 0.6 is 0 Å². The van der Waals surface area contributed by atoms with Crippen molar-refractivity contribution in [1.29, 1.82) is 0 Å². The molecule has 0 saturated carbocycles. The Morgan fingerprint density at radius 1 is 1.29 bits per heavy atom. The van der Waals surface area contributed by atoms with E-state index < -0.39 is 11.9 Å². The zero-order valence-electron chi connectivity index (χ0n) is 11.4. The number of hydrogen-bond donors (Lipinski definition) is 3. The Hall–Kier alpha value is -2.67. The lowest BCUT2D eigenvalue weighted by Gasteiger charge is -2.11. The fourth-order valence-electron chi connectivity index (χ4n) is 1.87. The lowest BCUT2D eigenvalue weighted by molar-refractivity contribution is -0.119. The van der Waals surface area contributed by atoms with E-state index in [4.69, 9.17) is 11.5 Å². The van der Waals surface area contributed by atoms with Crippen molar-refractivity contribution in [2.24, 2.45) is 11.5 Å². The van der Waals surface area contributed by atoms with Gasteiger partial charge in [-0.15, -0.1) is 0 Å². The monoisotopic (exact) mass is 287 g/mol. The summed E-state index contributed by atoms with van der Waals surface area (Å²) in [6, 6.07) is 8.87. The summed E-state index contributed by atoms with van der Waals surface area (Å²) in [5.41, 5.74) is 12.4. The van der Waals surface area contributed by atoms with Gasteiger partial charge in [0.2, 0.25) is 11.8 Å². The lowest BCUT2D eigenvalue weighted by Crippen LogP contribution is -2.37. The maximum atomic E-state index is 12.0. The van der Waals surface area contributed by atoms with Crippen molar-refractivity contribution in [3.63, 3.8) is 0 Å². The highest BCUT2D eigenvalue weighted by molar-refractivity contribution is 5.94. The standard InChI is InChI=1S/C14H17N5O2/c15-12(6-10-4-2-1-3-5-10)14(21)18-11-7-17-19(8-11)9-13(16)20/h1-5,7-8,12H,6,9,15H2,(H2,16,20)(H,18,21). The molecule has 1 unspecified atom stereocenters. The number of aromatic nitrogens is 2. The summed E-state index contributed by atoms with van der Waals surface area (Å²) in [7, 11) is 0. The minimum Gasteiger partial charge on any atom is -0.368 e. The summed E-state index contributed by atoms with van der Waals surface area (Å²) in [6.07, 6.45) is 3.41. The van der Waals surface area contributed by atoms with Crippen molar-refractivity contribution < 1.29 is 9.59 Å². The van der Waals surface area contributed by atoms with E-state index in [1.165, 1.54) is 17.1 Å². The van der Waals surface area contributed by atoms with Crippen molar-refractivity contribution in [3.8, 4) is 0 Å². The van der Waals surface area contributed by atoms with Crippen molar-refractivity contribution in [3.05, 3.63) is 48.3 Å². The average Bonchev–Trinajstić information content (AvgIpc) is 2.86. The van der Waals surface area contributed by atoms with Crippen molar-refractivity contribution in [2.75, 3.05) is 5.32 Å². The zero-order chi connectivity index (χ0) is 15.2. The summed E-state index contributed by atoms with van der Waals surface area (Å²) in [4.78, 5) is 22.7. The molecule has 0 fully saturated rings. The van der Waals surface area contributed by atoms with Gasteiger partial charge in [-0.3, -0.25) is 14.3 Å². The van der Waals surface area contributed by atoms with E-state index in [0.717, 1.165) is 5.56 Å². The molecule has 1 atom stereocenters. The van der Waals surface area contributed by atoms with Crippen LogP contribution in [0.25, 0.3) is 0 Å². The fourth-order valence-corrected chi connectivity index (χ4v) is 1.87. The topological polar surface area (TPSA) is 116 Å². The molecule has 2 rings (SSSR count). The predicted molar refractivity (Wildman–Crippen MR) is 78.2 cm³/mol. The van der Waals surface area contributed by atoms with Gasteiger partial charge in [-0.2, -0.15) is 5.10 Å². The van der Waals surface area contributed by atoms with Crippen molar-refractivity contribution >= 4 is 17.5 Å². The number of rotatable bonds is 6. The van der Waals surface area contributed by atoms with Gasteiger partial charge in [0.15, 0.2) is 0 Å². The summed E-state index contributed by atoms with van der Waals surface area (Å²) < 4.78 is 1.35. The SMILES string of the molecule is NC(=O)Cn1cc(NC(=O)C(N)Cc2ccccc2)cn1. The van der Waals surface area contributed by atoms with Crippen LogP contribution in [-0.4, -0.2) is 27.6 Å². The minimum atomic E-state index is -0.660. The highest BCUT2D eigenvalue weighted by Crippen LogP contribution is 2.07. The lowest BCUT2D eigenvalue weighted by atomic mass is 10.1. The molecule has 0 aliphatic carbocycles. The molecule has 1 aromatic heterocycles. The Kier molecular flexibility index (Phi) is 4.68. The van der Waals surface area contributed by atoms with Crippen molar-refractivity contribution in [2.45, 2.75) is 19.0 Å². The highest BCUT2D eigenvalue weighted by Gasteiger charge is 2.15. The van der Waals surface area contributed by atoms with Crippen LogP contribution in [0.3, 0.4) is 0 Å². The third-order valence-corrected chi connectivity index (χ3v) is 2.85. The van der Waals surface area contributed by atoms with Crippen LogP contribution in [-0.2, 0) is 22.6 Å². The Morgan fingerprint density at radius 3 is 2.67 bits per heavy atom. The number of nitrogens with zero attached hydrogens (tertiary/aromatic N) is 2. The van der Waals surface area contributed by atoms with Crippen LogP contribution in [0, 0.1) is 0 Å². The molecule has 0 bridgehead atoms. The van der Waals surface area contributed by atoms with Crippen molar-refractivity contribution in [1.82, 2.24) is 9.78 Å². The van der Waals surface area contributed by atoms with E-state index in [1.807, 2.05) is 30.3 Å². The Labute approximate surface area is 121 Å². The zero-order valence-corrected chi connectivity index (χ0v) is 11.4. The van der Waals surface area contributed by atoms with Crippen LogP contribution < -0.4 is 16.8 Å². The summed E-state index contributed by atoms with van der Waals surface area (Å²) in [5, 5.41) is 6.57. The molecule has 7 nitrogen and oxygen atoms in total. The Morgan fingerprint density at radius 2 is 2.00 bits per heavy atom. The molecule has 0 spiro atoms. The summed E-state index contributed by atoms with van der Waals surface area (Å²) >= 11 is 0. The number of amides is 2. The van der Waals surface area contributed by atoms with E-state index >= 15 is 0 Å². The normalized spacial score (nSPS) is 11.9. The van der Waals surface area contributed by atoms with Gasteiger partial charge in [-0.25, -0.2) is 0 Å². The number of hydrogen-bond acceptors (Lipinski definition) is 4. The van der Waals surface area contributed by atoms with Gasteiger partial charge in [-0.1, -0.05) is 30.3 Å². The number of anilines is 1. The molecule has 0 saturated heterocycles. The third kappa shape index (κ3) is 4.43. The van der Waals surface area contributed by atoms with E-state index in [2.05, 4.69) is 10.4 Å². The molecule has 1 aromatic carbocycles. The van der Waals surface area contributed by atoms with E-state index in [9.17, 15) is 9.59 Å². The summed E-state index contributed by atoms with van der Waals surface area (Å²) in [6.45, 7) is -0.0358. The van der Waals surface area contributed by atoms with E-state index in [0.29, 0.717) is 12.1 Å². The second kappa shape index (κ2) is 6.67. The van der Waals surface area contributed by atoms with Gasteiger partial charge < -0.3 is 16.8 Å². The average molecular weight is 287 g/mol. The minimum absolute atomic E-state index is 0.0358. The van der Waals surface area contributed by atoms with Gasteiger partial charge in [0.1, 0.15) is 6.54 Å². The number of primary amides is 1. The molecule has 7 heteroatoms. The van der Waals surface area contributed by atoms with E-state index in [1.54, 1.807) is 0 Å². The molecule has 21 heavy (non-hydrogen) atoms. The first-order valence-corrected chi connectivity index (χ1v) is 6.45. The highest BCUT2D eigenvalue weighted by atomic mass is 16.2. The van der Waals surface area contributed by atoms with Gasteiger partial charge in [0.05, 0.1) is 17.9 Å². The predicted octanol–water partition coefficient (Wildman–Crippen LogP) is -0.123. The molecule has 0 aliphatic heterocycles. The van der Waals surface area contributed by atoms with Gasteiger partial charge >= 0.3 is 0 Å². The second-order valence-corrected chi connectivity index (χ2v) is 4.68. The molecule has 2 aromatic rings. The molecule has 1 heterocycles. The number of nitrogens with two attached hydrogens (primary N) is 2. The van der Waals surface area contributed by atoms with Gasteiger partial charge in [0.25, 0.3) is 0 Å². The Bertz CT molecular complexity index is 623. The molecule has 110 valence electrons. The van der Waals surface area contributed by atoms with Crippen LogP contribution in [0.2, 0.25) is 0 Å². The van der Waals surface area contributed by atoms with Gasteiger partial charge in [-0.05, 0) is 12.0 Å². The van der Waals surface area contributed by atoms with Crippen LogP contribution in [0.15, 0.2) is 42.7 Å². The van der Waals surface area contributed by atoms with E-state index in [-0.39, 0.29) is 12.5 Å². The maximum absolute atomic E-state index is 12.0. The molecular formula is C14H17N5O2.